The zero-order valence-corrected chi connectivity index (χ0v) is 4.07. The third kappa shape index (κ3) is 2.16. The van der Waals surface area contributed by atoms with Gasteiger partial charge in [-0.25, -0.2) is 0 Å². The molecule has 0 aromatic heterocycles. The van der Waals surface area contributed by atoms with Crippen LogP contribution in [0.3, 0.4) is 0 Å². The second kappa shape index (κ2) is 2.35. The molecule has 49 valence electrons. The van der Waals surface area contributed by atoms with Gasteiger partial charge in [-0.1, -0.05) is 0 Å². The lowest BCUT2D eigenvalue weighted by Gasteiger charge is -2.10. The lowest BCUT2D eigenvalue weighted by molar-refractivity contribution is -0.170. The summed E-state index contributed by atoms with van der Waals surface area (Å²) < 4.78 is 33.7. The second-order valence-corrected chi connectivity index (χ2v) is 1.42. The van der Waals surface area contributed by atoms with Crippen LogP contribution in [0.4, 0.5) is 13.2 Å². The Hall–Kier alpha value is -0.250. The van der Waals surface area contributed by atoms with E-state index in [1.54, 1.807) is 0 Å². The third-order valence-corrected chi connectivity index (χ3v) is 0.683. The maximum Gasteiger partial charge on any atom is 0.394 e. The summed E-state index contributed by atoms with van der Waals surface area (Å²) in [4.78, 5) is 0. The summed E-state index contributed by atoms with van der Waals surface area (Å²) in [5, 5.41) is 7.89. The number of hydrogen-bond acceptors (Lipinski definition) is 1. The van der Waals surface area contributed by atoms with Gasteiger partial charge in [-0.15, -0.1) is 0 Å². The summed E-state index contributed by atoms with van der Waals surface area (Å²) >= 11 is 0. The quantitative estimate of drug-likeness (QED) is 0.556. The maximum atomic E-state index is 11.2. The molecule has 1 radical (unpaired) electrons. The Morgan fingerprint density at radius 2 is 1.88 bits per heavy atom. The molecule has 0 aliphatic heterocycles. The minimum atomic E-state index is -4.35. The highest BCUT2D eigenvalue weighted by Gasteiger charge is 2.35. The molecule has 0 spiro atoms. The molecule has 0 amide bonds. The molecule has 1 unspecified atom stereocenters. The van der Waals surface area contributed by atoms with E-state index in [2.05, 4.69) is 6.92 Å². The van der Waals surface area contributed by atoms with Crippen molar-refractivity contribution in [3.8, 4) is 0 Å². The van der Waals surface area contributed by atoms with Crippen molar-refractivity contribution in [3.63, 3.8) is 0 Å². The lowest BCUT2D eigenvalue weighted by atomic mass is 10.2. The van der Waals surface area contributed by atoms with Crippen LogP contribution in [0.15, 0.2) is 0 Å². The van der Waals surface area contributed by atoms with Crippen LogP contribution in [0, 0.1) is 12.8 Å². The van der Waals surface area contributed by atoms with E-state index < -0.39 is 18.7 Å². The van der Waals surface area contributed by atoms with E-state index in [-0.39, 0.29) is 0 Å². The van der Waals surface area contributed by atoms with Crippen molar-refractivity contribution >= 4 is 0 Å². The van der Waals surface area contributed by atoms with Gasteiger partial charge in [0.1, 0.15) is 0 Å². The zero-order valence-electron chi connectivity index (χ0n) is 4.07. The molecule has 4 heteroatoms. The smallest absolute Gasteiger partial charge is 0.394 e. The van der Waals surface area contributed by atoms with Crippen LogP contribution in [0.2, 0.25) is 0 Å². The van der Waals surface area contributed by atoms with E-state index in [9.17, 15) is 13.2 Å². The molecule has 0 bridgehead atoms. The molecule has 0 aromatic rings. The van der Waals surface area contributed by atoms with Gasteiger partial charge in [-0.3, -0.25) is 0 Å². The normalized spacial score (nSPS) is 16.1. The second-order valence-electron chi connectivity index (χ2n) is 1.42. The fraction of sp³-hybridized carbons (Fsp3) is 0.750. The van der Waals surface area contributed by atoms with Gasteiger partial charge < -0.3 is 5.11 Å². The summed E-state index contributed by atoms with van der Waals surface area (Å²) in [6.45, 7) is 1.71. The first-order valence-corrected chi connectivity index (χ1v) is 1.99. The molecule has 1 nitrogen and oxygen atoms in total. The first kappa shape index (κ1) is 7.75. The monoisotopic (exact) mass is 127 g/mol. The van der Waals surface area contributed by atoms with Gasteiger partial charge in [0.2, 0.25) is 0 Å². The predicted octanol–water partition coefficient (Wildman–Crippen LogP) is 0.991. The minimum Gasteiger partial charge on any atom is -0.396 e. The molecule has 1 atom stereocenters. The molecule has 0 fully saturated rings. The predicted molar refractivity (Wildman–Crippen MR) is 22.0 cm³/mol. The number of alkyl halides is 3. The van der Waals surface area contributed by atoms with Gasteiger partial charge in [0.15, 0.2) is 0 Å². The van der Waals surface area contributed by atoms with E-state index in [1.807, 2.05) is 0 Å². The van der Waals surface area contributed by atoms with Crippen LogP contribution in [0.5, 0.6) is 0 Å². The summed E-state index contributed by atoms with van der Waals surface area (Å²) in [5.41, 5.74) is 0. The van der Waals surface area contributed by atoms with Crippen molar-refractivity contribution in [1.82, 2.24) is 0 Å². The molecule has 8 heavy (non-hydrogen) atoms. The maximum absolute atomic E-state index is 11.2. The number of rotatable bonds is 1. The van der Waals surface area contributed by atoms with Crippen LogP contribution >= 0.6 is 0 Å². The van der Waals surface area contributed by atoms with E-state index >= 15 is 0 Å². The van der Waals surface area contributed by atoms with Gasteiger partial charge in [0.05, 0.1) is 12.5 Å². The zero-order chi connectivity index (χ0) is 6.78. The van der Waals surface area contributed by atoms with E-state index in [1.165, 1.54) is 0 Å². The molecular formula is C4H6F3O. The topological polar surface area (TPSA) is 20.2 Å². The summed E-state index contributed by atoms with van der Waals surface area (Å²) in [5.74, 6) is -1.84. The van der Waals surface area contributed by atoms with E-state index in [4.69, 9.17) is 5.11 Å². The van der Waals surface area contributed by atoms with Crippen LogP contribution in [0.25, 0.3) is 0 Å². The summed E-state index contributed by atoms with van der Waals surface area (Å²) in [6, 6.07) is 0. The van der Waals surface area contributed by atoms with Gasteiger partial charge >= 0.3 is 6.18 Å². The van der Waals surface area contributed by atoms with Crippen LogP contribution in [-0.4, -0.2) is 17.9 Å². The fourth-order valence-electron chi connectivity index (χ4n) is 0.104. The van der Waals surface area contributed by atoms with Crippen LogP contribution in [0.1, 0.15) is 0 Å². The highest BCUT2D eigenvalue weighted by Crippen LogP contribution is 2.24. The first-order chi connectivity index (χ1) is 3.48. The highest BCUT2D eigenvalue weighted by atomic mass is 19.4. The van der Waals surface area contributed by atoms with Gasteiger partial charge in [0.25, 0.3) is 0 Å². The van der Waals surface area contributed by atoms with Crippen LogP contribution in [-0.2, 0) is 0 Å². The van der Waals surface area contributed by atoms with Crippen molar-refractivity contribution in [2.45, 2.75) is 6.18 Å². The van der Waals surface area contributed by atoms with Gasteiger partial charge in [0, 0.05) is 0 Å². The van der Waals surface area contributed by atoms with Crippen LogP contribution < -0.4 is 0 Å². The SMILES string of the molecule is [CH2]C(CO)C(F)(F)F. The minimum absolute atomic E-state index is 0.941. The molecular weight excluding hydrogens is 121 g/mol. The average Bonchev–Trinajstić information content (AvgIpc) is 1.62. The van der Waals surface area contributed by atoms with Crippen molar-refractivity contribution in [1.29, 1.82) is 0 Å². The van der Waals surface area contributed by atoms with E-state index in [0.29, 0.717) is 0 Å². The molecule has 0 aliphatic carbocycles. The summed E-state index contributed by atoms with van der Waals surface area (Å²) in [7, 11) is 0. The molecule has 0 heterocycles. The van der Waals surface area contributed by atoms with Crippen molar-refractivity contribution in [2.75, 3.05) is 6.61 Å². The van der Waals surface area contributed by atoms with E-state index in [0.717, 1.165) is 0 Å². The fourth-order valence-corrected chi connectivity index (χ4v) is 0.104. The molecule has 0 saturated heterocycles. The standard InChI is InChI=1S/C4H6F3O/c1-3(2-8)4(5,6)7/h3,8H,1-2H2. The molecule has 0 saturated carbocycles. The molecule has 0 aromatic carbocycles. The number of halogens is 3. The van der Waals surface area contributed by atoms with Crippen molar-refractivity contribution in [2.24, 2.45) is 5.92 Å². The molecule has 0 rings (SSSR count). The Bertz CT molecular complexity index is 68.2. The molecule has 0 aliphatic rings. The average molecular weight is 127 g/mol. The lowest BCUT2D eigenvalue weighted by Crippen LogP contribution is -2.22. The van der Waals surface area contributed by atoms with Crippen molar-refractivity contribution < 1.29 is 18.3 Å². The Morgan fingerprint density at radius 1 is 1.50 bits per heavy atom. The molecule has 1 N–H and O–H groups in total. The first-order valence-electron chi connectivity index (χ1n) is 1.99. The third-order valence-electron chi connectivity index (χ3n) is 0.683. The number of hydrogen-bond donors (Lipinski definition) is 1. The Labute approximate surface area is 45.1 Å². The van der Waals surface area contributed by atoms with Gasteiger partial charge in [-0.2, -0.15) is 13.2 Å². The highest BCUT2D eigenvalue weighted by molar-refractivity contribution is 4.67. The summed E-state index contributed by atoms with van der Waals surface area (Å²) in [6.07, 6.45) is -4.35. The number of aliphatic hydroxyl groups excluding tert-OH is 1. The Balaban J connectivity index is 3.62. The van der Waals surface area contributed by atoms with Crippen molar-refractivity contribution in [3.05, 3.63) is 6.92 Å². The number of aliphatic hydroxyl groups is 1. The Morgan fingerprint density at radius 3 is 1.88 bits per heavy atom. The Kier molecular flexibility index (Phi) is 2.27. The van der Waals surface area contributed by atoms with Gasteiger partial charge in [-0.05, 0) is 6.92 Å². The largest absolute Gasteiger partial charge is 0.396 e.